The number of nitrogens with zero attached hydrogens (tertiary/aromatic N) is 2. The third-order valence-corrected chi connectivity index (χ3v) is 3.73. The number of anilines is 2. The molecule has 0 bridgehead atoms. The minimum absolute atomic E-state index is 0.0121. The van der Waals surface area contributed by atoms with E-state index in [0.717, 1.165) is 18.2 Å². The van der Waals surface area contributed by atoms with Gasteiger partial charge < -0.3 is 10.3 Å². The molecule has 106 valence electrons. The van der Waals surface area contributed by atoms with Crippen LogP contribution >= 0.6 is 0 Å². The number of nitrogens with one attached hydrogen (secondary N) is 1. The summed E-state index contributed by atoms with van der Waals surface area (Å²) in [5, 5.41) is 14.2. The van der Waals surface area contributed by atoms with Gasteiger partial charge >= 0.3 is 0 Å². The van der Waals surface area contributed by atoms with E-state index in [1.54, 1.807) is 6.92 Å². The van der Waals surface area contributed by atoms with Gasteiger partial charge in [0.15, 0.2) is 5.82 Å². The highest BCUT2D eigenvalue weighted by Gasteiger charge is 2.21. The molecule has 2 aromatic rings. The normalized spacial score (nSPS) is 11.2. The van der Waals surface area contributed by atoms with Crippen molar-refractivity contribution in [1.82, 2.24) is 5.16 Å². The summed E-state index contributed by atoms with van der Waals surface area (Å²) in [6.45, 7) is 1.60. The Kier molecular flexibility index (Phi) is 3.32. The number of hydrogen-bond donors (Lipinski definition) is 2. The van der Waals surface area contributed by atoms with Gasteiger partial charge in [-0.25, -0.2) is 8.42 Å². The average Bonchev–Trinajstić information content (AvgIpc) is 2.73. The molecule has 0 saturated carbocycles. The predicted molar refractivity (Wildman–Crippen MR) is 69.6 cm³/mol. The van der Waals surface area contributed by atoms with Gasteiger partial charge in [0.05, 0.1) is 9.82 Å². The maximum Gasteiger partial charge on any atom is 0.293 e. The van der Waals surface area contributed by atoms with E-state index in [4.69, 9.17) is 10.3 Å². The lowest BCUT2D eigenvalue weighted by molar-refractivity contribution is -0.384. The Morgan fingerprint density at radius 2 is 2.10 bits per heavy atom. The Morgan fingerprint density at radius 3 is 2.65 bits per heavy atom. The molecule has 0 unspecified atom stereocenters. The first kappa shape index (κ1) is 13.8. The van der Waals surface area contributed by atoms with E-state index in [2.05, 4.69) is 9.88 Å². The number of rotatable bonds is 4. The highest BCUT2D eigenvalue weighted by atomic mass is 32.2. The molecule has 10 heteroatoms. The van der Waals surface area contributed by atoms with Crippen LogP contribution < -0.4 is 10.5 Å². The second kappa shape index (κ2) is 4.81. The van der Waals surface area contributed by atoms with Crippen LogP contribution in [0.3, 0.4) is 0 Å². The van der Waals surface area contributed by atoms with Crippen LogP contribution in [-0.4, -0.2) is 18.5 Å². The molecule has 2 rings (SSSR count). The first-order valence-corrected chi connectivity index (χ1v) is 6.78. The Balaban J connectivity index is 2.39. The number of aromatic nitrogens is 1. The second-order valence-corrected chi connectivity index (χ2v) is 5.59. The number of hydrogen-bond acceptors (Lipinski definition) is 7. The highest BCUT2D eigenvalue weighted by molar-refractivity contribution is 7.92. The lowest BCUT2D eigenvalue weighted by Crippen LogP contribution is -2.13. The molecule has 0 radical (unpaired) electrons. The van der Waals surface area contributed by atoms with Crippen LogP contribution in [0.2, 0.25) is 0 Å². The van der Waals surface area contributed by atoms with Crippen molar-refractivity contribution in [2.45, 2.75) is 11.8 Å². The van der Waals surface area contributed by atoms with E-state index in [9.17, 15) is 18.5 Å². The lowest BCUT2D eigenvalue weighted by atomic mass is 10.3. The SMILES string of the molecule is Cc1cc(NS(=O)(=O)c2ccc(N)c([N+](=O)[O-])c2)no1. The van der Waals surface area contributed by atoms with Crippen LogP contribution in [0.1, 0.15) is 5.76 Å². The van der Waals surface area contributed by atoms with E-state index in [1.807, 2.05) is 0 Å². The van der Waals surface area contributed by atoms with E-state index in [1.165, 1.54) is 6.07 Å². The van der Waals surface area contributed by atoms with Gasteiger partial charge in [0.2, 0.25) is 0 Å². The number of sulfonamides is 1. The van der Waals surface area contributed by atoms with Crippen LogP contribution in [0.4, 0.5) is 17.2 Å². The van der Waals surface area contributed by atoms with Crippen LogP contribution in [0.15, 0.2) is 33.7 Å². The van der Waals surface area contributed by atoms with Crippen molar-refractivity contribution >= 4 is 27.2 Å². The summed E-state index contributed by atoms with van der Waals surface area (Å²) in [4.78, 5) is 9.70. The Hall–Kier alpha value is -2.62. The minimum atomic E-state index is -4.01. The van der Waals surface area contributed by atoms with Gasteiger partial charge in [-0.3, -0.25) is 14.8 Å². The molecule has 0 spiro atoms. The topological polar surface area (TPSA) is 141 Å². The largest absolute Gasteiger partial charge is 0.393 e. The van der Waals surface area contributed by atoms with Gasteiger partial charge in [0.25, 0.3) is 15.7 Å². The first-order valence-electron chi connectivity index (χ1n) is 5.29. The smallest absolute Gasteiger partial charge is 0.293 e. The number of nitro groups is 1. The van der Waals surface area contributed by atoms with E-state index in [0.29, 0.717) is 5.76 Å². The van der Waals surface area contributed by atoms with Crippen molar-refractivity contribution < 1.29 is 17.9 Å². The summed E-state index contributed by atoms with van der Waals surface area (Å²) in [5.41, 5.74) is 4.80. The summed E-state index contributed by atoms with van der Waals surface area (Å²) < 4.78 is 30.9. The quantitative estimate of drug-likeness (QED) is 0.491. The maximum atomic E-state index is 12.0. The fourth-order valence-electron chi connectivity index (χ4n) is 1.46. The van der Waals surface area contributed by atoms with Gasteiger partial charge in [-0.2, -0.15) is 0 Å². The summed E-state index contributed by atoms with van der Waals surface area (Å²) in [6, 6.07) is 4.58. The van der Waals surface area contributed by atoms with Crippen molar-refractivity contribution in [2.24, 2.45) is 0 Å². The minimum Gasteiger partial charge on any atom is -0.393 e. The first-order chi connectivity index (χ1) is 9.29. The molecule has 0 amide bonds. The van der Waals surface area contributed by atoms with Crippen LogP contribution in [0, 0.1) is 17.0 Å². The molecule has 1 heterocycles. The zero-order valence-corrected chi connectivity index (χ0v) is 11.0. The Morgan fingerprint density at radius 1 is 1.40 bits per heavy atom. The molecule has 3 N–H and O–H groups in total. The molecular weight excluding hydrogens is 288 g/mol. The van der Waals surface area contributed by atoms with Crippen molar-refractivity contribution in [3.63, 3.8) is 0 Å². The second-order valence-electron chi connectivity index (χ2n) is 3.91. The molecule has 0 aliphatic rings. The number of aryl methyl sites for hydroxylation is 1. The molecule has 0 aliphatic heterocycles. The van der Waals surface area contributed by atoms with Crippen LogP contribution in [0.25, 0.3) is 0 Å². The maximum absolute atomic E-state index is 12.0. The number of benzene rings is 1. The Labute approximate surface area is 113 Å². The summed E-state index contributed by atoms with van der Waals surface area (Å²) in [5.74, 6) is 0.410. The van der Waals surface area contributed by atoms with Gasteiger partial charge in [-0.05, 0) is 19.1 Å². The number of nitrogen functional groups attached to an aromatic ring is 1. The standard InChI is InChI=1S/C10H10N4O5S/c1-6-4-10(12-19-6)13-20(17,18)7-2-3-8(11)9(5-7)14(15)16/h2-5H,11H2,1H3,(H,12,13). The number of nitrogens with two attached hydrogens (primary N) is 1. The zero-order chi connectivity index (χ0) is 14.9. The average molecular weight is 298 g/mol. The molecule has 9 nitrogen and oxygen atoms in total. The van der Waals surface area contributed by atoms with E-state index >= 15 is 0 Å². The molecule has 0 atom stereocenters. The van der Waals surface area contributed by atoms with Crippen LogP contribution in [-0.2, 0) is 10.0 Å². The summed E-state index contributed by atoms with van der Waals surface area (Å²) in [7, 11) is -4.01. The molecular formula is C10H10N4O5S. The molecule has 1 aromatic carbocycles. The lowest BCUT2D eigenvalue weighted by Gasteiger charge is -2.05. The van der Waals surface area contributed by atoms with Crippen LogP contribution in [0.5, 0.6) is 0 Å². The van der Waals surface area contributed by atoms with E-state index in [-0.39, 0.29) is 16.4 Å². The summed E-state index contributed by atoms with van der Waals surface area (Å²) in [6.07, 6.45) is 0. The van der Waals surface area contributed by atoms with Gasteiger partial charge in [-0.15, -0.1) is 0 Å². The van der Waals surface area contributed by atoms with Gasteiger partial charge in [0, 0.05) is 12.1 Å². The van der Waals surface area contributed by atoms with Crippen molar-refractivity contribution in [3.8, 4) is 0 Å². The third kappa shape index (κ3) is 2.69. The molecule has 0 saturated heterocycles. The zero-order valence-electron chi connectivity index (χ0n) is 10.2. The van der Waals surface area contributed by atoms with Crippen molar-refractivity contribution in [3.05, 3.63) is 40.1 Å². The third-order valence-electron chi connectivity index (χ3n) is 2.38. The molecule has 20 heavy (non-hydrogen) atoms. The monoisotopic (exact) mass is 298 g/mol. The van der Waals surface area contributed by atoms with Crippen molar-refractivity contribution in [2.75, 3.05) is 10.5 Å². The molecule has 1 aromatic heterocycles. The van der Waals surface area contributed by atoms with Gasteiger partial charge in [-0.1, -0.05) is 5.16 Å². The summed E-state index contributed by atoms with van der Waals surface area (Å²) >= 11 is 0. The fourth-order valence-corrected chi connectivity index (χ4v) is 2.46. The van der Waals surface area contributed by atoms with Gasteiger partial charge in [0.1, 0.15) is 11.4 Å². The highest BCUT2D eigenvalue weighted by Crippen LogP contribution is 2.25. The van der Waals surface area contributed by atoms with Crippen molar-refractivity contribution in [1.29, 1.82) is 0 Å². The number of nitro benzene ring substituents is 1. The molecule has 0 fully saturated rings. The van der Waals surface area contributed by atoms with E-state index < -0.39 is 20.6 Å². The fraction of sp³-hybridized carbons (Fsp3) is 0.100. The molecule has 0 aliphatic carbocycles. The Bertz CT molecular complexity index is 768. The predicted octanol–water partition coefficient (Wildman–Crippen LogP) is 1.27.